The fourth-order valence-electron chi connectivity index (χ4n) is 3.61. The molecule has 1 N–H and O–H groups in total. The molecule has 1 rings (SSSR count). The number of carbonyl (C=O) groups excluding carboxylic acids is 1. The van der Waals surface area contributed by atoms with Crippen molar-refractivity contribution in [2.24, 2.45) is 0 Å². The highest BCUT2D eigenvalue weighted by Gasteiger charge is 2.16. The van der Waals surface area contributed by atoms with Crippen LogP contribution in [0.4, 0.5) is 0 Å². The van der Waals surface area contributed by atoms with E-state index in [4.69, 9.17) is 4.74 Å². The summed E-state index contributed by atoms with van der Waals surface area (Å²) < 4.78 is 5.92. The Kier molecular flexibility index (Phi) is 14.4. The first kappa shape index (κ1) is 25.5. The third kappa shape index (κ3) is 10.7. The van der Waals surface area contributed by atoms with Crippen molar-refractivity contribution >= 4 is 5.78 Å². The predicted octanol–water partition coefficient (Wildman–Crippen LogP) is 8.02. The van der Waals surface area contributed by atoms with Crippen LogP contribution in [0, 0.1) is 0 Å². The number of benzene rings is 1. The number of unbranched alkanes of at least 4 members (excludes halogenated alkanes) is 10. The summed E-state index contributed by atoms with van der Waals surface area (Å²) in [6, 6.07) is 3.56. The topological polar surface area (TPSA) is 46.5 Å². The molecule has 0 aromatic heterocycles. The molecule has 0 spiro atoms. The molecule has 0 saturated heterocycles. The van der Waals surface area contributed by atoms with Crippen LogP contribution in [-0.4, -0.2) is 17.5 Å². The van der Waals surface area contributed by atoms with Crippen LogP contribution in [0.5, 0.6) is 11.5 Å². The highest BCUT2D eigenvalue weighted by Crippen LogP contribution is 2.31. The van der Waals surface area contributed by atoms with E-state index in [-0.39, 0.29) is 11.5 Å². The molecule has 0 bridgehead atoms. The molecule has 3 heteroatoms. The molecule has 0 saturated carbocycles. The van der Waals surface area contributed by atoms with Crippen molar-refractivity contribution in [2.75, 3.05) is 6.61 Å². The summed E-state index contributed by atoms with van der Waals surface area (Å²) in [5, 5.41) is 10.5. The van der Waals surface area contributed by atoms with E-state index in [2.05, 4.69) is 20.8 Å². The normalized spacial score (nSPS) is 11.0. The first-order valence-corrected chi connectivity index (χ1v) is 12.2. The van der Waals surface area contributed by atoms with Crippen LogP contribution in [0.2, 0.25) is 0 Å². The number of hydrogen-bond acceptors (Lipinski definition) is 3. The second-order valence-electron chi connectivity index (χ2n) is 8.28. The van der Waals surface area contributed by atoms with Crippen LogP contribution in [0.25, 0.3) is 0 Å². The van der Waals surface area contributed by atoms with Crippen LogP contribution in [0.15, 0.2) is 12.1 Å². The average Bonchev–Trinajstić information content (AvgIpc) is 2.71. The highest BCUT2D eigenvalue weighted by molar-refractivity contribution is 5.99. The Hall–Kier alpha value is -1.51. The Balaban J connectivity index is 2.67. The molecule has 1 aromatic carbocycles. The van der Waals surface area contributed by atoms with Crippen molar-refractivity contribution in [3.05, 3.63) is 23.3 Å². The minimum Gasteiger partial charge on any atom is -0.507 e. The zero-order chi connectivity index (χ0) is 21.3. The Labute approximate surface area is 179 Å². The second-order valence-corrected chi connectivity index (χ2v) is 8.28. The lowest BCUT2D eigenvalue weighted by molar-refractivity contribution is 0.0976. The summed E-state index contributed by atoms with van der Waals surface area (Å²) in [7, 11) is 0. The van der Waals surface area contributed by atoms with E-state index in [1.165, 1.54) is 51.4 Å². The molecule has 1 aromatic rings. The molecule has 29 heavy (non-hydrogen) atoms. The number of phenolic OH excluding ortho intramolecular Hbond substituents is 1. The van der Waals surface area contributed by atoms with Gasteiger partial charge in [0.2, 0.25) is 0 Å². The summed E-state index contributed by atoms with van der Waals surface area (Å²) in [5.74, 6) is 0.882. The fraction of sp³-hybridized carbons (Fsp3) is 0.731. The van der Waals surface area contributed by atoms with Gasteiger partial charge in [-0.15, -0.1) is 0 Å². The van der Waals surface area contributed by atoms with E-state index in [1.807, 2.05) is 6.07 Å². The monoisotopic (exact) mass is 404 g/mol. The van der Waals surface area contributed by atoms with Crippen LogP contribution in [-0.2, 0) is 6.42 Å². The molecule has 3 nitrogen and oxygen atoms in total. The molecule has 0 aliphatic rings. The summed E-state index contributed by atoms with van der Waals surface area (Å²) in [5.41, 5.74) is 1.54. The van der Waals surface area contributed by atoms with E-state index in [1.54, 1.807) is 6.07 Å². The Morgan fingerprint density at radius 2 is 1.38 bits per heavy atom. The summed E-state index contributed by atoms with van der Waals surface area (Å²) in [4.78, 5) is 12.7. The van der Waals surface area contributed by atoms with Gasteiger partial charge in [-0.05, 0) is 37.3 Å². The first-order valence-electron chi connectivity index (χ1n) is 12.2. The van der Waals surface area contributed by atoms with Gasteiger partial charge in [0, 0.05) is 12.5 Å². The molecule has 0 unspecified atom stereocenters. The van der Waals surface area contributed by atoms with E-state index in [0.29, 0.717) is 18.6 Å². The lowest BCUT2D eigenvalue weighted by Gasteiger charge is -2.14. The maximum atomic E-state index is 12.7. The smallest absolute Gasteiger partial charge is 0.166 e. The van der Waals surface area contributed by atoms with Crippen LogP contribution in [0.3, 0.4) is 0 Å². The first-order chi connectivity index (χ1) is 14.1. The van der Waals surface area contributed by atoms with E-state index < -0.39 is 0 Å². The van der Waals surface area contributed by atoms with Crippen LogP contribution < -0.4 is 4.74 Å². The number of phenols is 1. The van der Waals surface area contributed by atoms with E-state index in [9.17, 15) is 9.90 Å². The molecule has 0 aliphatic heterocycles. The van der Waals surface area contributed by atoms with Gasteiger partial charge in [-0.1, -0.05) is 85.0 Å². The van der Waals surface area contributed by atoms with Crippen molar-refractivity contribution in [1.29, 1.82) is 0 Å². The lowest BCUT2D eigenvalue weighted by atomic mass is 9.97. The number of ketones is 1. The highest BCUT2D eigenvalue weighted by atomic mass is 16.5. The SMILES string of the molecule is CCCCCCCCCC(=O)c1cc(CCCCCC)c(OCCCC)cc1O. The maximum Gasteiger partial charge on any atom is 0.166 e. The Morgan fingerprint density at radius 1 is 0.793 bits per heavy atom. The van der Waals surface area contributed by atoms with Crippen LogP contribution >= 0.6 is 0 Å². The van der Waals surface area contributed by atoms with Gasteiger partial charge in [0.05, 0.1) is 12.2 Å². The zero-order valence-corrected chi connectivity index (χ0v) is 19.2. The zero-order valence-electron chi connectivity index (χ0n) is 19.2. The Bertz CT molecular complexity index is 565. The third-order valence-electron chi connectivity index (χ3n) is 5.54. The minimum absolute atomic E-state index is 0.0611. The average molecular weight is 405 g/mol. The second kappa shape index (κ2) is 16.3. The van der Waals surface area contributed by atoms with Gasteiger partial charge in [-0.25, -0.2) is 0 Å². The van der Waals surface area contributed by atoms with Crippen molar-refractivity contribution in [2.45, 2.75) is 117 Å². The third-order valence-corrected chi connectivity index (χ3v) is 5.54. The van der Waals surface area contributed by atoms with Crippen LogP contribution in [0.1, 0.15) is 127 Å². The number of aromatic hydroxyl groups is 1. The standard InChI is InChI=1S/C26H44O3/c1-4-7-10-12-13-14-16-18-24(27)23-20-22(17-15-11-8-5-2)26(21-25(23)28)29-19-9-6-3/h20-21,28H,4-19H2,1-3H3. The molecule has 166 valence electrons. The van der Waals surface area contributed by atoms with Gasteiger partial charge in [-0.3, -0.25) is 4.79 Å². The van der Waals surface area contributed by atoms with Gasteiger partial charge in [-0.2, -0.15) is 0 Å². The fourth-order valence-corrected chi connectivity index (χ4v) is 3.61. The Morgan fingerprint density at radius 3 is 2.03 bits per heavy atom. The summed E-state index contributed by atoms with van der Waals surface area (Å²) in [6.07, 6.45) is 16.5. The van der Waals surface area contributed by atoms with E-state index in [0.717, 1.165) is 49.8 Å². The van der Waals surface area contributed by atoms with Gasteiger partial charge < -0.3 is 9.84 Å². The molecule has 0 heterocycles. The van der Waals surface area contributed by atoms with Gasteiger partial charge in [0.15, 0.2) is 5.78 Å². The predicted molar refractivity (Wildman–Crippen MR) is 123 cm³/mol. The number of aryl methyl sites for hydroxylation is 1. The largest absolute Gasteiger partial charge is 0.507 e. The van der Waals surface area contributed by atoms with Crippen molar-refractivity contribution in [3.63, 3.8) is 0 Å². The molecule has 0 fully saturated rings. The van der Waals surface area contributed by atoms with Gasteiger partial charge in [0.1, 0.15) is 11.5 Å². The maximum absolute atomic E-state index is 12.7. The summed E-state index contributed by atoms with van der Waals surface area (Å²) in [6.45, 7) is 7.23. The number of carbonyl (C=O) groups is 1. The number of ether oxygens (including phenoxy) is 1. The molecule has 0 aliphatic carbocycles. The number of hydrogen-bond donors (Lipinski definition) is 1. The van der Waals surface area contributed by atoms with Crippen molar-refractivity contribution < 1.29 is 14.6 Å². The molecule has 0 amide bonds. The number of rotatable bonds is 18. The molecule has 0 radical (unpaired) electrons. The quantitative estimate of drug-likeness (QED) is 0.199. The van der Waals surface area contributed by atoms with E-state index >= 15 is 0 Å². The molecule has 0 atom stereocenters. The van der Waals surface area contributed by atoms with Gasteiger partial charge >= 0.3 is 0 Å². The molecular weight excluding hydrogens is 360 g/mol. The van der Waals surface area contributed by atoms with Gasteiger partial charge in [0.25, 0.3) is 0 Å². The van der Waals surface area contributed by atoms with Crippen molar-refractivity contribution in [1.82, 2.24) is 0 Å². The lowest BCUT2D eigenvalue weighted by Crippen LogP contribution is -2.05. The van der Waals surface area contributed by atoms with Crippen molar-refractivity contribution in [3.8, 4) is 11.5 Å². The molecular formula is C26H44O3. The number of Topliss-reactive ketones (excluding diaryl/α,β-unsaturated/α-hetero) is 1. The summed E-state index contributed by atoms with van der Waals surface area (Å²) >= 11 is 0. The minimum atomic E-state index is 0.0611.